The van der Waals surface area contributed by atoms with E-state index in [2.05, 4.69) is 176 Å². The lowest BCUT2D eigenvalue weighted by molar-refractivity contribution is 0.645. The molecule has 0 fully saturated rings. The van der Waals surface area contributed by atoms with Gasteiger partial charge in [-0.2, -0.15) is 0 Å². The standard InChI is InChI=1S/C48H36N2/c1-29-19-24-36-35-14-7-9-18-42(35)49(43(36)25-29)33-20-22-34(23-21-33)50-44-28-31-12-5-4-11-30(31)26-38(44)39-27-32-13-10-17-41-45(32)46(47(39)50)37-15-6-8-16-40(37)48(41,2)3/h4-18,20-29H,19H2,1-3H3. The first-order valence-corrected chi connectivity index (χ1v) is 17.9. The van der Waals surface area contributed by atoms with Crippen molar-refractivity contribution in [2.24, 2.45) is 5.92 Å². The Balaban J connectivity index is 1.26. The molecule has 0 aliphatic heterocycles. The highest BCUT2D eigenvalue weighted by Gasteiger charge is 2.35. The summed E-state index contributed by atoms with van der Waals surface area (Å²) in [6.45, 7) is 7.08. The fourth-order valence-electron chi connectivity index (χ4n) is 9.41. The van der Waals surface area contributed by atoms with Crippen molar-refractivity contribution in [3.63, 3.8) is 0 Å². The molecule has 2 nitrogen and oxygen atoms in total. The largest absolute Gasteiger partial charge is 0.310 e. The summed E-state index contributed by atoms with van der Waals surface area (Å²) in [6, 6.07) is 50.2. The van der Waals surface area contributed by atoms with Gasteiger partial charge in [0.2, 0.25) is 0 Å². The van der Waals surface area contributed by atoms with E-state index in [4.69, 9.17) is 0 Å². The molecule has 2 aliphatic carbocycles. The fourth-order valence-corrected chi connectivity index (χ4v) is 9.41. The van der Waals surface area contributed by atoms with Crippen molar-refractivity contribution in [3.8, 4) is 22.5 Å². The van der Waals surface area contributed by atoms with Crippen LogP contribution in [0.15, 0.2) is 133 Å². The monoisotopic (exact) mass is 640 g/mol. The Bertz CT molecular complexity index is 3040. The van der Waals surface area contributed by atoms with Crippen LogP contribution in [0.2, 0.25) is 0 Å². The first kappa shape index (κ1) is 28.0. The number of hydrogen-bond acceptors (Lipinski definition) is 0. The van der Waals surface area contributed by atoms with Gasteiger partial charge in [-0.15, -0.1) is 0 Å². The van der Waals surface area contributed by atoms with E-state index in [1.165, 1.54) is 98.5 Å². The average molecular weight is 641 g/mol. The topological polar surface area (TPSA) is 9.86 Å². The molecule has 1 unspecified atom stereocenters. The van der Waals surface area contributed by atoms with Gasteiger partial charge in [-0.25, -0.2) is 0 Å². The number of nitrogens with zero attached hydrogens (tertiary/aromatic N) is 2. The average Bonchev–Trinajstić information content (AvgIpc) is 3.64. The maximum Gasteiger partial charge on any atom is 0.0626 e. The van der Waals surface area contributed by atoms with Gasteiger partial charge in [-0.3, -0.25) is 0 Å². The predicted molar refractivity (Wildman–Crippen MR) is 212 cm³/mol. The lowest BCUT2D eigenvalue weighted by atomic mass is 9.68. The maximum atomic E-state index is 2.55. The fraction of sp³-hybridized carbons (Fsp3) is 0.125. The molecule has 50 heavy (non-hydrogen) atoms. The molecule has 2 aliphatic rings. The molecule has 0 spiro atoms. The molecular weight excluding hydrogens is 605 g/mol. The molecule has 0 bridgehead atoms. The molecular formula is C48H36N2. The Labute approximate surface area is 290 Å². The van der Waals surface area contributed by atoms with Gasteiger partial charge in [0.25, 0.3) is 0 Å². The van der Waals surface area contributed by atoms with E-state index in [1.54, 1.807) is 0 Å². The number of aromatic nitrogens is 2. The SMILES string of the molecule is CC1C=c2c(c3ccccc3n2-c2ccc(-n3c4cc5ccccc5cc4c4cc5cccc6c5c(c43)-c3ccccc3C6(C)C)cc2)=CC1. The van der Waals surface area contributed by atoms with E-state index in [9.17, 15) is 0 Å². The smallest absolute Gasteiger partial charge is 0.0626 e. The van der Waals surface area contributed by atoms with Crippen LogP contribution in [-0.2, 0) is 5.41 Å². The highest BCUT2D eigenvalue weighted by molar-refractivity contribution is 6.24. The Hall–Kier alpha value is -5.86. The van der Waals surface area contributed by atoms with Crippen molar-refractivity contribution in [1.29, 1.82) is 0 Å². The Morgan fingerprint density at radius 3 is 2.08 bits per heavy atom. The summed E-state index contributed by atoms with van der Waals surface area (Å²) in [5, 5.41) is 11.8. The van der Waals surface area contributed by atoms with Gasteiger partial charge < -0.3 is 9.13 Å². The van der Waals surface area contributed by atoms with Crippen molar-refractivity contribution >= 4 is 66.4 Å². The van der Waals surface area contributed by atoms with Crippen LogP contribution in [0, 0.1) is 5.92 Å². The van der Waals surface area contributed by atoms with Crippen molar-refractivity contribution < 1.29 is 0 Å². The second kappa shape index (κ2) is 9.86. The third-order valence-corrected chi connectivity index (χ3v) is 11.8. The van der Waals surface area contributed by atoms with Crippen LogP contribution in [0.4, 0.5) is 0 Å². The molecule has 2 heteroatoms. The van der Waals surface area contributed by atoms with E-state index in [-0.39, 0.29) is 5.41 Å². The normalized spacial score (nSPS) is 16.1. The van der Waals surface area contributed by atoms with E-state index in [1.807, 2.05) is 0 Å². The summed E-state index contributed by atoms with van der Waals surface area (Å²) in [5.74, 6) is 0.516. The Morgan fingerprint density at radius 1 is 0.580 bits per heavy atom. The second-order valence-electron chi connectivity index (χ2n) is 15.0. The van der Waals surface area contributed by atoms with Crippen LogP contribution >= 0.6 is 0 Å². The van der Waals surface area contributed by atoms with Crippen LogP contribution in [0.3, 0.4) is 0 Å². The number of hydrogen-bond donors (Lipinski definition) is 0. The number of fused-ring (bicyclic) bond motifs is 10. The third kappa shape index (κ3) is 3.63. The minimum Gasteiger partial charge on any atom is -0.310 e. The summed E-state index contributed by atoms with van der Waals surface area (Å²) in [5.41, 5.74) is 11.5. The van der Waals surface area contributed by atoms with Crippen LogP contribution < -0.4 is 10.6 Å². The van der Waals surface area contributed by atoms with Crippen LogP contribution in [0.1, 0.15) is 38.3 Å². The first-order chi connectivity index (χ1) is 24.5. The van der Waals surface area contributed by atoms with Gasteiger partial charge in [0.1, 0.15) is 0 Å². The zero-order chi connectivity index (χ0) is 33.3. The lowest BCUT2D eigenvalue weighted by Gasteiger charge is -2.35. The minimum absolute atomic E-state index is 0.103. The summed E-state index contributed by atoms with van der Waals surface area (Å²) in [6.07, 6.45) is 5.97. The van der Waals surface area contributed by atoms with E-state index in [0.29, 0.717) is 5.92 Å². The Morgan fingerprint density at radius 2 is 1.24 bits per heavy atom. The summed E-state index contributed by atoms with van der Waals surface area (Å²) >= 11 is 0. The van der Waals surface area contributed by atoms with Gasteiger partial charge >= 0.3 is 0 Å². The molecule has 0 radical (unpaired) electrons. The molecule has 7 aromatic carbocycles. The number of benzene rings is 7. The molecule has 238 valence electrons. The molecule has 2 aromatic heterocycles. The quantitative estimate of drug-likeness (QED) is 0.178. The third-order valence-electron chi connectivity index (χ3n) is 11.8. The van der Waals surface area contributed by atoms with Crippen molar-refractivity contribution in [2.75, 3.05) is 0 Å². The molecule has 0 saturated heterocycles. The summed E-state index contributed by atoms with van der Waals surface area (Å²) in [4.78, 5) is 0. The van der Waals surface area contributed by atoms with E-state index >= 15 is 0 Å². The van der Waals surface area contributed by atoms with Gasteiger partial charge in [0, 0.05) is 43.7 Å². The summed E-state index contributed by atoms with van der Waals surface area (Å²) < 4.78 is 5.01. The maximum absolute atomic E-state index is 2.55. The number of rotatable bonds is 2. The van der Waals surface area contributed by atoms with Crippen molar-refractivity contribution in [3.05, 3.63) is 155 Å². The second-order valence-corrected chi connectivity index (χ2v) is 15.0. The van der Waals surface area contributed by atoms with E-state index < -0.39 is 0 Å². The van der Waals surface area contributed by atoms with Crippen molar-refractivity contribution in [1.82, 2.24) is 9.13 Å². The molecule has 1 atom stereocenters. The predicted octanol–water partition coefficient (Wildman–Crippen LogP) is 10.9. The minimum atomic E-state index is -0.103. The first-order valence-electron chi connectivity index (χ1n) is 17.9. The molecule has 0 amide bonds. The highest BCUT2D eigenvalue weighted by Crippen LogP contribution is 2.52. The Kier molecular flexibility index (Phi) is 5.53. The lowest BCUT2D eigenvalue weighted by Crippen LogP contribution is -2.31. The van der Waals surface area contributed by atoms with Gasteiger partial charge in [-0.05, 0) is 99.1 Å². The zero-order valence-corrected chi connectivity index (χ0v) is 28.5. The van der Waals surface area contributed by atoms with Gasteiger partial charge in [-0.1, -0.05) is 118 Å². The van der Waals surface area contributed by atoms with Gasteiger partial charge in [0.05, 0.1) is 21.9 Å². The van der Waals surface area contributed by atoms with Crippen molar-refractivity contribution in [2.45, 2.75) is 32.6 Å². The van der Waals surface area contributed by atoms with E-state index in [0.717, 1.165) is 6.42 Å². The summed E-state index contributed by atoms with van der Waals surface area (Å²) in [7, 11) is 0. The van der Waals surface area contributed by atoms with Gasteiger partial charge in [0.15, 0.2) is 0 Å². The molecule has 2 heterocycles. The molecule has 0 saturated carbocycles. The highest BCUT2D eigenvalue weighted by atomic mass is 15.0. The molecule has 11 rings (SSSR count). The molecule has 9 aromatic rings. The van der Waals surface area contributed by atoms with Crippen LogP contribution in [-0.4, -0.2) is 9.13 Å². The molecule has 0 N–H and O–H groups in total. The number of para-hydroxylation sites is 1. The van der Waals surface area contributed by atoms with Crippen LogP contribution in [0.25, 0.3) is 88.9 Å². The zero-order valence-electron chi connectivity index (χ0n) is 28.5. The van der Waals surface area contributed by atoms with Crippen LogP contribution in [0.5, 0.6) is 0 Å².